The van der Waals surface area contributed by atoms with Crippen LogP contribution in [0, 0.1) is 0 Å². The van der Waals surface area contributed by atoms with Crippen LogP contribution in [0.1, 0.15) is 16.9 Å². The molecule has 0 aliphatic rings. The van der Waals surface area contributed by atoms with Crippen LogP contribution in [0.3, 0.4) is 0 Å². The van der Waals surface area contributed by atoms with Gasteiger partial charge in [0.15, 0.2) is 5.69 Å². The van der Waals surface area contributed by atoms with E-state index in [-0.39, 0.29) is 5.91 Å². The SMILES string of the molecule is CNCCCN(C)C(=O)c1ccon1. The Bertz CT molecular complexity index is 272. The maximum Gasteiger partial charge on any atom is 0.275 e. The quantitative estimate of drug-likeness (QED) is 0.692. The van der Waals surface area contributed by atoms with E-state index < -0.39 is 0 Å². The number of nitrogens with one attached hydrogen (secondary N) is 1. The number of rotatable bonds is 5. The first-order valence-corrected chi connectivity index (χ1v) is 4.56. The van der Waals surface area contributed by atoms with Crippen LogP contribution in [0.15, 0.2) is 16.9 Å². The van der Waals surface area contributed by atoms with Gasteiger partial charge >= 0.3 is 0 Å². The van der Waals surface area contributed by atoms with Gasteiger partial charge in [0.2, 0.25) is 0 Å². The van der Waals surface area contributed by atoms with Crippen molar-refractivity contribution in [1.29, 1.82) is 0 Å². The number of carbonyl (C=O) groups is 1. The van der Waals surface area contributed by atoms with Crippen LogP contribution in [0.5, 0.6) is 0 Å². The molecule has 0 saturated carbocycles. The average molecular weight is 197 g/mol. The first kappa shape index (κ1) is 10.7. The van der Waals surface area contributed by atoms with Crippen LogP contribution >= 0.6 is 0 Å². The van der Waals surface area contributed by atoms with Gasteiger partial charge in [-0.15, -0.1) is 0 Å². The van der Waals surface area contributed by atoms with Gasteiger partial charge in [0, 0.05) is 19.7 Å². The van der Waals surface area contributed by atoms with Crippen molar-refractivity contribution >= 4 is 5.91 Å². The minimum Gasteiger partial charge on any atom is -0.364 e. The summed E-state index contributed by atoms with van der Waals surface area (Å²) in [4.78, 5) is 13.2. The number of amides is 1. The molecule has 5 heteroatoms. The van der Waals surface area contributed by atoms with Crippen LogP contribution in [-0.4, -0.2) is 43.1 Å². The second kappa shape index (κ2) is 5.39. The van der Waals surface area contributed by atoms with E-state index in [4.69, 9.17) is 0 Å². The smallest absolute Gasteiger partial charge is 0.275 e. The van der Waals surface area contributed by atoms with E-state index in [2.05, 4.69) is 15.0 Å². The van der Waals surface area contributed by atoms with Gasteiger partial charge in [-0.25, -0.2) is 0 Å². The van der Waals surface area contributed by atoms with Crippen molar-refractivity contribution in [1.82, 2.24) is 15.4 Å². The monoisotopic (exact) mass is 197 g/mol. The summed E-state index contributed by atoms with van der Waals surface area (Å²) in [5.41, 5.74) is 0.358. The lowest BCUT2D eigenvalue weighted by Gasteiger charge is -2.14. The summed E-state index contributed by atoms with van der Waals surface area (Å²) >= 11 is 0. The number of hydrogen-bond acceptors (Lipinski definition) is 4. The van der Waals surface area contributed by atoms with Gasteiger partial charge in [-0.2, -0.15) is 0 Å². The molecule has 0 unspecified atom stereocenters. The lowest BCUT2D eigenvalue weighted by molar-refractivity contribution is 0.0783. The molecule has 0 saturated heterocycles. The van der Waals surface area contributed by atoms with E-state index in [1.54, 1.807) is 18.0 Å². The zero-order chi connectivity index (χ0) is 10.4. The third-order valence-electron chi connectivity index (χ3n) is 1.92. The maximum absolute atomic E-state index is 11.6. The largest absolute Gasteiger partial charge is 0.364 e. The number of hydrogen-bond donors (Lipinski definition) is 1. The highest BCUT2D eigenvalue weighted by atomic mass is 16.5. The van der Waals surface area contributed by atoms with E-state index in [1.165, 1.54) is 6.26 Å². The normalized spacial score (nSPS) is 10.1. The summed E-state index contributed by atoms with van der Waals surface area (Å²) in [7, 11) is 3.64. The minimum atomic E-state index is -0.102. The van der Waals surface area contributed by atoms with E-state index in [1.807, 2.05) is 7.05 Å². The number of nitrogens with zero attached hydrogens (tertiary/aromatic N) is 2. The molecule has 0 atom stereocenters. The summed E-state index contributed by atoms with van der Waals surface area (Å²) in [5.74, 6) is -0.102. The van der Waals surface area contributed by atoms with Gasteiger partial charge < -0.3 is 14.7 Å². The second-order valence-electron chi connectivity index (χ2n) is 3.07. The highest BCUT2D eigenvalue weighted by Gasteiger charge is 2.13. The first-order chi connectivity index (χ1) is 6.75. The van der Waals surface area contributed by atoms with Crippen molar-refractivity contribution in [2.24, 2.45) is 0 Å². The van der Waals surface area contributed by atoms with Crippen molar-refractivity contribution < 1.29 is 9.32 Å². The fourth-order valence-electron chi connectivity index (χ4n) is 1.11. The zero-order valence-corrected chi connectivity index (χ0v) is 8.49. The molecule has 0 spiro atoms. The van der Waals surface area contributed by atoms with E-state index in [0.717, 1.165) is 13.0 Å². The van der Waals surface area contributed by atoms with Crippen molar-refractivity contribution in [3.05, 3.63) is 18.0 Å². The lowest BCUT2D eigenvalue weighted by atomic mass is 10.3. The Labute approximate surface area is 83.1 Å². The molecule has 78 valence electrons. The predicted octanol–water partition coefficient (Wildman–Crippen LogP) is 0.356. The summed E-state index contributed by atoms with van der Waals surface area (Å²) in [6.45, 7) is 1.61. The van der Waals surface area contributed by atoms with Crippen LogP contribution < -0.4 is 5.32 Å². The molecular weight excluding hydrogens is 182 g/mol. The summed E-state index contributed by atoms with van der Waals surface area (Å²) in [6.07, 6.45) is 2.32. The molecule has 0 fully saturated rings. The van der Waals surface area contributed by atoms with Crippen LogP contribution in [0.2, 0.25) is 0 Å². The van der Waals surface area contributed by atoms with Crippen molar-refractivity contribution in [2.75, 3.05) is 27.2 Å². The van der Waals surface area contributed by atoms with Crippen LogP contribution in [0.4, 0.5) is 0 Å². The molecule has 1 rings (SSSR count). The zero-order valence-electron chi connectivity index (χ0n) is 8.49. The molecule has 0 aliphatic heterocycles. The summed E-state index contributed by atoms with van der Waals surface area (Å²) in [6, 6.07) is 1.57. The molecule has 1 N–H and O–H groups in total. The maximum atomic E-state index is 11.6. The van der Waals surface area contributed by atoms with Gasteiger partial charge in [-0.3, -0.25) is 4.79 Å². The average Bonchev–Trinajstić information content (AvgIpc) is 2.69. The van der Waals surface area contributed by atoms with E-state index in [9.17, 15) is 4.79 Å². The number of carbonyl (C=O) groups excluding carboxylic acids is 1. The Morgan fingerprint density at radius 2 is 2.50 bits per heavy atom. The molecule has 1 aromatic heterocycles. The van der Waals surface area contributed by atoms with Gasteiger partial charge in [0.05, 0.1) is 0 Å². The Hall–Kier alpha value is -1.36. The van der Waals surface area contributed by atoms with Gasteiger partial charge in [-0.05, 0) is 20.0 Å². The molecule has 0 bridgehead atoms. The highest BCUT2D eigenvalue weighted by molar-refractivity contribution is 5.91. The van der Waals surface area contributed by atoms with Gasteiger partial charge in [-0.1, -0.05) is 5.16 Å². The van der Waals surface area contributed by atoms with E-state index >= 15 is 0 Å². The van der Waals surface area contributed by atoms with Crippen LogP contribution in [0.25, 0.3) is 0 Å². The Morgan fingerprint density at radius 1 is 1.71 bits per heavy atom. The van der Waals surface area contributed by atoms with E-state index in [0.29, 0.717) is 12.2 Å². The molecule has 0 aliphatic carbocycles. The Balaban J connectivity index is 2.37. The molecule has 1 aromatic rings. The third-order valence-corrected chi connectivity index (χ3v) is 1.92. The Kier molecular flexibility index (Phi) is 4.12. The predicted molar refractivity (Wildman–Crippen MR) is 52.0 cm³/mol. The third kappa shape index (κ3) is 2.85. The molecule has 1 heterocycles. The van der Waals surface area contributed by atoms with Crippen LogP contribution in [-0.2, 0) is 0 Å². The molecule has 14 heavy (non-hydrogen) atoms. The molecule has 5 nitrogen and oxygen atoms in total. The highest BCUT2D eigenvalue weighted by Crippen LogP contribution is 2.00. The minimum absolute atomic E-state index is 0.102. The summed E-state index contributed by atoms with van der Waals surface area (Å²) < 4.78 is 4.60. The second-order valence-corrected chi connectivity index (χ2v) is 3.07. The molecule has 0 radical (unpaired) electrons. The van der Waals surface area contributed by atoms with Crippen molar-refractivity contribution in [3.63, 3.8) is 0 Å². The first-order valence-electron chi connectivity index (χ1n) is 4.56. The number of aromatic nitrogens is 1. The molecule has 1 amide bonds. The Morgan fingerprint density at radius 3 is 3.07 bits per heavy atom. The molecule has 0 aromatic carbocycles. The van der Waals surface area contributed by atoms with Crippen molar-refractivity contribution in [2.45, 2.75) is 6.42 Å². The van der Waals surface area contributed by atoms with Crippen molar-refractivity contribution in [3.8, 4) is 0 Å². The topological polar surface area (TPSA) is 58.4 Å². The summed E-state index contributed by atoms with van der Waals surface area (Å²) in [5, 5.41) is 6.61. The fraction of sp³-hybridized carbons (Fsp3) is 0.556. The standard InChI is InChI=1S/C9H15N3O2/c1-10-5-3-6-12(2)9(13)8-4-7-14-11-8/h4,7,10H,3,5-6H2,1-2H3. The van der Waals surface area contributed by atoms with Gasteiger partial charge in [0.1, 0.15) is 6.26 Å². The molecular formula is C9H15N3O2. The lowest BCUT2D eigenvalue weighted by Crippen LogP contribution is -2.29. The van der Waals surface area contributed by atoms with Gasteiger partial charge in [0.25, 0.3) is 5.91 Å². The fourth-order valence-corrected chi connectivity index (χ4v) is 1.11.